The highest BCUT2D eigenvalue weighted by Gasteiger charge is 2.54. The molecule has 0 aromatic heterocycles. The minimum atomic E-state index is -0.994. The summed E-state index contributed by atoms with van der Waals surface area (Å²) in [5.41, 5.74) is 2.94. The second-order valence-corrected chi connectivity index (χ2v) is 7.19. The molecule has 134 valence electrons. The number of ether oxygens (including phenoxy) is 2. The Bertz CT molecular complexity index is 1030. The van der Waals surface area contributed by atoms with Crippen molar-refractivity contribution >= 4 is 11.7 Å². The van der Waals surface area contributed by atoms with Crippen molar-refractivity contribution in [1.82, 2.24) is 0 Å². The maximum atomic E-state index is 13.1. The molecule has 2 aliphatic heterocycles. The second kappa shape index (κ2) is 5.61. The van der Waals surface area contributed by atoms with Crippen LogP contribution in [0.3, 0.4) is 0 Å². The molecule has 4 heteroatoms. The van der Waals surface area contributed by atoms with Crippen molar-refractivity contribution in [2.75, 3.05) is 5.32 Å². The summed E-state index contributed by atoms with van der Waals surface area (Å²) in [5, 5.41) is 3.37. The van der Waals surface area contributed by atoms with Gasteiger partial charge < -0.3 is 14.8 Å². The van der Waals surface area contributed by atoms with E-state index in [9.17, 15) is 4.79 Å². The van der Waals surface area contributed by atoms with Crippen LogP contribution >= 0.6 is 0 Å². The summed E-state index contributed by atoms with van der Waals surface area (Å²) in [6, 6.07) is 21.6. The van der Waals surface area contributed by atoms with Crippen LogP contribution in [0.25, 0.3) is 0 Å². The molecule has 0 fully saturated rings. The fourth-order valence-electron chi connectivity index (χ4n) is 4.10. The van der Waals surface area contributed by atoms with Crippen molar-refractivity contribution in [3.8, 4) is 11.5 Å². The fraction of sp³-hybridized carbons (Fsp3) is 0.174. The maximum Gasteiger partial charge on any atom is 0.342 e. The number of rotatable bonds is 2. The van der Waals surface area contributed by atoms with Gasteiger partial charge in [0.1, 0.15) is 11.5 Å². The molecule has 3 aromatic carbocycles. The average Bonchev–Trinajstić information content (AvgIpc) is 2.96. The zero-order valence-corrected chi connectivity index (χ0v) is 15.2. The Morgan fingerprint density at radius 3 is 2.04 bits per heavy atom. The van der Waals surface area contributed by atoms with E-state index in [0.717, 1.165) is 22.4 Å². The van der Waals surface area contributed by atoms with Crippen molar-refractivity contribution in [3.05, 3.63) is 89.0 Å². The molecule has 0 radical (unpaired) electrons. The molecule has 0 saturated carbocycles. The van der Waals surface area contributed by atoms with Crippen LogP contribution in [-0.2, 0) is 10.3 Å². The normalized spacial score (nSPS) is 15.6. The number of hydrogen-bond donors (Lipinski definition) is 1. The monoisotopic (exact) mass is 357 g/mol. The van der Waals surface area contributed by atoms with Gasteiger partial charge in [-0.05, 0) is 32.0 Å². The molecular weight excluding hydrogens is 338 g/mol. The van der Waals surface area contributed by atoms with E-state index in [4.69, 9.17) is 9.47 Å². The topological polar surface area (TPSA) is 47.6 Å². The lowest BCUT2D eigenvalue weighted by atomic mass is 9.77. The standard InChI is InChI=1S/C23H19NO3/c1-14(2)24-18-11-7-10-17-21(18)22(25)27-23(17)15-8-3-5-12-19(15)26-20-13-6-4-9-16(20)23/h3-14,24H,1-2H3. The summed E-state index contributed by atoms with van der Waals surface area (Å²) >= 11 is 0. The van der Waals surface area contributed by atoms with E-state index in [1.54, 1.807) is 0 Å². The first-order valence-electron chi connectivity index (χ1n) is 9.11. The van der Waals surface area contributed by atoms with Crippen LogP contribution in [0.4, 0.5) is 5.69 Å². The third-order valence-corrected chi connectivity index (χ3v) is 5.09. The third-order valence-electron chi connectivity index (χ3n) is 5.09. The van der Waals surface area contributed by atoms with Gasteiger partial charge in [0, 0.05) is 28.4 Å². The van der Waals surface area contributed by atoms with Gasteiger partial charge in [-0.1, -0.05) is 48.5 Å². The molecule has 0 bridgehead atoms. The van der Waals surface area contributed by atoms with Crippen molar-refractivity contribution in [3.63, 3.8) is 0 Å². The van der Waals surface area contributed by atoms with E-state index in [-0.39, 0.29) is 12.0 Å². The molecule has 0 unspecified atom stereocenters. The summed E-state index contributed by atoms with van der Waals surface area (Å²) in [6.07, 6.45) is 0. The zero-order valence-electron chi connectivity index (χ0n) is 15.2. The Morgan fingerprint density at radius 1 is 0.815 bits per heavy atom. The number of para-hydroxylation sites is 2. The molecule has 4 nitrogen and oxygen atoms in total. The van der Waals surface area contributed by atoms with Crippen LogP contribution in [0.5, 0.6) is 11.5 Å². The van der Waals surface area contributed by atoms with E-state index in [1.165, 1.54) is 0 Å². The van der Waals surface area contributed by atoms with Crippen LogP contribution in [0.2, 0.25) is 0 Å². The van der Waals surface area contributed by atoms with E-state index < -0.39 is 5.60 Å². The fourth-order valence-corrected chi connectivity index (χ4v) is 4.10. The van der Waals surface area contributed by atoms with Gasteiger partial charge in [0.25, 0.3) is 0 Å². The summed E-state index contributed by atoms with van der Waals surface area (Å²) in [4.78, 5) is 13.1. The molecule has 1 spiro atoms. The van der Waals surface area contributed by atoms with Crippen molar-refractivity contribution in [2.45, 2.75) is 25.5 Å². The highest BCUT2D eigenvalue weighted by Crippen LogP contribution is 2.56. The largest absolute Gasteiger partial charge is 0.456 e. The minimum Gasteiger partial charge on any atom is -0.456 e. The van der Waals surface area contributed by atoms with Crippen LogP contribution in [-0.4, -0.2) is 12.0 Å². The smallest absolute Gasteiger partial charge is 0.342 e. The first-order valence-corrected chi connectivity index (χ1v) is 9.11. The summed E-state index contributed by atoms with van der Waals surface area (Å²) in [7, 11) is 0. The van der Waals surface area contributed by atoms with Gasteiger partial charge in [-0.3, -0.25) is 0 Å². The number of nitrogens with one attached hydrogen (secondary N) is 1. The van der Waals surface area contributed by atoms with E-state index in [0.29, 0.717) is 17.1 Å². The lowest BCUT2D eigenvalue weighted by molar-refractivity contribution is 0.0225. The molecule has 0 saturated heterocycles. The zero-order chi connectivity index (χ0) is 18.6. The molecule has 0 amide bonds. The second-order valence-electron chi connectivity index (χ2n) is 7.19. The molecule has 0 atom stereocenters. The van der Waals surface area contributed by atoms with E-state index in [2.05, 4.69) is 19.2 Å². The Labute approximate surface area is 157 Å². The lowest BCUT2D eigenvalue weighted by Gasteiger charge is -2.36. The number of fused-ring (bicyclic) bond motifs is 6. The predicted molar refractivity (Wildman–Crippen MR) is 103 cm³/mol. The van der Waals surface area contributed by atoms with Crippen LogP contribution < -0.4 is 10.1 Å². The molecule has 3 aromatic rings. The maximum absolute atomic E-state index is 13.1. The van der Waals surface area contributed by atoms with Crippen molar-refractivity contribution in [2.24, 2.45) is 0 Å². The summed E-state index contributed by atoms with van der Waals surface area (Å²) in [5.74, 6) is 1.10. The molecule has 5 rings (SSSR count). The highest BCUT2D eigenvalue weighted by molar-refractivity contribution is 6.02. The van der Waals surface area contributed by atoms with Gasteiger partial charge >= 0.3 is 5.97 Å². The van der Waals surface area contributed by atoms with Gasteiger partial charge in [-0.15, -0.1) is 0 Å². The van der Waals surface area contributed by atoms with E-state index in [1.807, 2.05) is 66.7 Å². The molecule has 0 aliphatic carbocycles. The summed E-state index contributed by atoms with van der Waals surface area (Å²) < 4.78 is 12.3. The molecule has 2 heterocycles. The van der Waals surface area contributed by atoms with Crippen LogP contribution in [0.1, 0.15) is 40.9 Å². The number of benzene rings is 3. The van der Waals surface area contributed by atoms with E-state index >= 15 is 0 Å². The van der Waals surface area contributed by atoms with Gasteiger partial charge in [-0.25, -0.2) is 4.79 Å². The predicted octanol–water partition coefficient (Wildman–Crippen LogP) is 5.07. The Morgan fingerprint density at radius 2 is 1.41 bits per heavy atom. The van der Waals surface area contributed by atoms with Crippen LogP contribution in [0, 0.1) is 0 Å². The average molecular weight is 357 g/mol. The van der Waals surface area contributed by atoms with Gasteiger partial charge in [0.2, 0.25) is 0 Å². The Balaban J connectivity index is 1.85. The van der Waals surface area contributed by atoms with Gasteiger partial charge in [0.05, 0.1) is 5.56 Å². The third kappa shape index (κ3) is 2.13. The number of hydrogen-bond acceptors (Lipinski definition) is 4. The highest BCUT2D eigenvalue weighted by atomic mass is 16.6. The minimum absolute atomic E-state index is 0.204. The number of esters is 1. The number of anilines is 1. The lowest BCUT2D eigenvalue weighted by Crippen LogP contribution is -2.32. The number of carbonyl (C=O) groups excluding carboxylic acids is 1. The SMILES string of the molecule is CC(C)Nc1cccc2c1C(=O)OC21c2ccccc2Oc2ccccc21. The quantitative estimate of drug-likeness (QED) is 0.650. The molecular formula is C23H19NO3. The number of carbonyl (C=O) groups is 1. The molecule has 2 aliphatic rings. The van der Waals surface area contributed by atoms with Gasteiger partial charge in [-0.2, -0.15) is 0 Å². The Kier molecular flexibility index (Phi) is 3.31. The molecule has 27 heavy (non-hydrogen) atoms. The first kappa shape index (κ1) is 15.9. The first-order chi connectivity index (χ1) is 13.1. The van der Waals surface area contributed by atoms with Crippen LogP contribution in [0.15, 0.2) is 66.7 Å². The van der Waals surface area contributed by atoms with Crippen molar-refractivity contribution < 1.29 is 14.3 Å². The van der Waals surface area contributed by atoms with Crippen molar-refractivity contribution in [1.29, 1.82) is 0 Å². The molecule has 1 N–H and O–H groups in total. The summed E-state index contributed by atoms with van der Waals surface area (Å²) in [6.45, 7) is 4.10. The van der Waals surface area contributed by atoms with Gasteiger partial charge in [0.15, 0.2) is 5.60 Å². The Hall–Kier alpha value is -3.27.